The van der Waals surface area contributed by atoms with Gasteiger partial charge in [-0.15, -0.1) is 0 Å². The van der Waals surface area contributed by atoms with Gasteiger partial charge >= 0.3 is 0 Å². The molecule has 0 fully saturated rings. The molecule has 0 spiro atoms. The van der Waals surface area contributed by atoms with Gasteiger partial charge in [-0.2, -0.15) is 0 Å². The standard InChI is InChI=1S/C17H24N2O/c1-4-5-11-16-15(12-13(2)3)17(20)19(18-16)14-9-7-6-8-10-14/h6-10,13,18H,4-5,11-12H2,1-3H3. The number of nitrogens with zero attached hydrogens (tertiary/aromatic N) is 1. The van der Waals surface area contributed by atoms with Crippen LogP contribution < -0.4 is 5.56 Å². The summed E-state index contributed by atoms with van der Waals surface area (Å²) in [7, 11) is 0. The maximum absolute atomic E-state index is 12.6. The number of hydrogen-bond acceptors (Lipinski definition) is 1. The number of nitrogens with one attached hydrogen (secondary N) is 1. The van der Waals surface area contributed by atoms with Crippen molar-refractivity contribution < 1.29 is 0 Å². The maximum Gasteiger partial charge on any atom is 0.274 e. The predicted octanol–water partition coefficient (Wildman–Crippen LogP) is 3.71. The van der Waals surface area contributed by atoms with Gasteiger partial charge in [0.2, 0.25) is 0 Å². The highest BCUT2D eigenvalue weighted by molar-refractivity contribution is 5.33. The highest BCUT2D eigenvalue weighted by Gasteiger charge is 2.15. The van der Waals surface area contributed by atoms with Gasteiger partial charge in [0.1, 0.15) is 0 Å². The lowest BCUT2D eigenvalue weighted by molar-refractivity contribution is 0.637. The Morgan fingerprint density at radius 3 is 2.50 bits per heavy atom. The zero-order chi connectivity index (χ0) is 14.5. The van der Waals surface area contributed by atoms with Gasteiger partial charge in [0.05, 0.1) is 5.69 Å². The van der Waals surface area contributed by atoms with Crippen LogP contribution in [0.3, 0.4) is 0 Å². The summed E-state index contributed by atoms with van der Waals surface area (Å²) in [5.74, 6) is 0.489. The number of para-hydroxylation sites is 1. The van der Waals surface area contributed by atoms with Crippen LogP contribution in [0.5, 0.6) is 0 Å². The lowest BCUT2D eigenvalue weighted by Gasteiger charge is -2.03. The summed E-state index contributed by atoms with van der Waals surface area (Å²) in [5, 5.41) is 3.31. The Morgan fingerprint density at radius 1 is 1.20 bits per heavy atom. The monoisotopic (exact) mass is 272 g/mol. The highest BCUT2D eigenvalue weighted by atomic mass is 16.1. The molecular formula is C17H24N2O. The Hall–Kier alpha value is -1.77. The van der Waals surface area contributed by atoms with Crippen LogP contribution in [0.25, 0.3) is 5.69 Å². The normalized spacial score (nSPS) is 11.2. The number of H-pyrrole nitrogens is 1. The molecule has 0 atom stereocenters. The molecule has 3 nitrogen and oxygen atoms in total. The van der Waals surface area contributed by atoms with Crippen molar-refractivity contribution in [3.05, 3.63) is 51.9 Å². The molecule has 108 valence electrons. The molecule has 0 bridgehead atoms. The van der Waals surface area contributed by atoms with Gasteiger partial charge in [-0.25, -0.2) is 4.68 Å². The molecule has 20 heavy (non-hydrogen) atoms. The molecule has 3 heteroatoms. The molecule has 1 aromatic heterocycles. The van der Waals surface area contributed by atoms with Crippen molar-refractivity contribution in [2.24, 2.45) is 5.92 Å². The Balaban J connectivity index is 2.44. The minimum atomic E-state index is 0.107. The average Bonchev–Trinajstić information content (AvgIpc) is 2.74. The van der Waals surface area contributed by atoms with E-state index in [-0.39, 0.29) is 5.56 Å². The number of aromatic amines is 1. The van der Waals surface area contributed by atoms with Crippen LogP contribution in [0, 0.1) is 5.92 Å². The highest BCUT2D eigenvalue weighted by Crippen LogP contribution is 2.13. The third-order valence-electron chi connectivity index (χ3n) is 3.48. The Labute approximate surface area is 120 Å². The fourth-order valence-corrected chi connectivity index (χ4v) is 2.46. The molecule has 2 aromatic rings. The molecule has 0 aliphatic heterocycles. The van der Waals surface area contributed by atoms with Crippen LogP contribution in [-0.4, -0.2) is 9.78 Å². The van der Waals surface area contributed by atoms with Gasteiger partial charge in [0, 0.05) is 11.3 Å². The second-order valence-corrected chi connectivity index (χ2v) is 5.75. The average molecular weight is 272 g/mol. The molecule has 1 N–H and O–H groups in total. The van der Waals surface area contributed by atoms with Crippen molar-refractivity contribution >= 4 is 0 Å². The zero-order valence-corrected chi connectivity index (χ0v) is 12.6. The summed E-state index contributed by atoms with van der Waals surface area (Å²) < 4.78 is 1.68. The van der Waals surface area contributed by atoms with Crippen molar-refractivity contribution in [1.82, 2.24) is 9.78 Å². The number of benzene rings is 1. The summed E-state index contributed by atoms with van der Waals surface area (Å²) in [5.41, 5.74) is 3.08. The summed E-state index contributed by atoms with van der Waals surface area (Å²) in [4.78, 5) is 12.6. The molecule has 0 saturated heterocycles. The molecule has 0 saturated carbocycles. The lowest BCUT2D eigenvalue weighted by Crippen LogP contribution is -2.18. The van der Waals surface area contributed by atoms with Gasteiger partial charge in [-0.1, -0.05) is 45.4 Å². The van der Waals surface area contributed by atoms with E-state index in [1.807, 2.05) is 30.3 Å². The summed E-state index contributed by atoms with van der Waals surface area (Å²) in [6.07, 6.45) is 4.04. The molecule has 0 amide bonds. The number of rotatable bonds is 6. The van der Waals surface area contributed by atoms with Gasteiger partial charge in [-0.05, 0) is 37.3 Å². The first-order valence-corrected chi connectivity index (χ1v) is 7.51. The Bertz CT molecular complexity index is 593. The van der Waals surface area contributed by atoms with Gasteiger partial charge < -0.3 is 0 Å². The minimum absolute atomic E-state index is 0.107. The molecular weight excluding hydrogens is 248 g/mol. The van der Waals surface area contributed by atoms with E-state index in [1.54, 1.807) is 4.68 Å². The van der Waals surface area contributed by atoms with Crippen molar-refractivity contribution in [3.63, 3.8) is 0 Å². The molecule has 1 aromatic carbocycles. The van der Waals surface area contributed by atoms with Crippen LogP contribution in [-0.2, 0) is 12.8 Å². The van der Waals surface area contributed by atoms with Crippen molar-refractivity contribution in [3.8, 4) is 5.69 Å². The third-order valence-corrected chi connectivity index (χ3v) is 3.48. The van der Waals surface area contributed by atoms with Crippen molar-refractivity contribution in [2.75, 3.05) is 0 Å². The number of hydrogen-bond donors (Lipinski definition) is 1. The summed E-state index contributed by atoms with van der Waals surface area (Å²) in [6.45, 7) is 6.49. The van der Waals surface area contributed by atoms with Crippen LogP contribution in [0.2, 0.25) is 0 Å². The van der Waals surface area contributed by atoms with Gasteiger partial charge in [0.15, 0.2) is 0 Å². The van der Waals surface area contributed by atoms with Crippen molar-refractivity contribution in [2.45, 2.75) is 46.5 Å². The van der Waals surface area contributed by atoms with Gasteiger partial charge in [0.25, 0.3) is 5.56 Å². The van der Waals surface area contributed by atoms with E-state index < -0.39 is 0 Å². The van der Waals surface area contributed by atoms with E-state index in [0.29, 0.717) is 5.92 Å². The molecule has 0 radical (unpaired) electrons. The van der Waals surface area contributed by atoms with Crippen LogP contribution in [0.1, 0.15) is 44.9 Å². The van der Waals surface area contributed by atoms with E-state index >= 15 is 0 Å². The van der Waals surface area contributed by atoms with E-state index in [0.717, 1.165) is 42.6 Å². The van der Waals surface area contributed by atoms with Crippen LogP contribution >= 0.6 is 0 Å². The van der Waals surface area contributed by atoms with Crippen LogP contribution in [0.4, 0.5) is 0 Å². The zero-order valence-electron chi connectivity index (χ0n) is 12.6. The SMILES string of the molecule is CCCCc1[nH]n(-c2ccccc2)c(=O)c1CC(C)C. The molecule has 0 aliphatic rings. The van der Waals surface area contributed by atoms with Crippen LogP contribution in [0.15, 0.2) is 35.1 Å². The smallest absolute Gasteiger partial charge is 0.274 e. The maximum atomic E-state index is 12.6. The minimum Gasteiger partial charge on any atom is -0.295 e. The first-order chi connectivity index (χ1) is 9.63. The van der Waals surface area contributed by atoms with E-state index in [1.165, 1.54) is 0 Å². The second kappa shape index (κ2) is 6.60. The van der Waals surface area contributed by atoms with Crippen molar-refractivity contribution in [1.29, 1.82) is 0 Å². The van der Waals surface area contributed by atoms with E-state index in [9.17, 15) is 4.79 Å². The van der Waals surface area contributed by atoms with Gasteiger partial charge in [-0.3, -0.25) is 9.89 Å². The fraction of sp³-hybridized carbons (Fsp3) is 0.471. The molecule has 0 aliphatic carbocycles. The predicted molar refractivity (Wildman–Crippen MR) is 83.5 cm³/mol. The Morgan fingerprint density at radius 2 is 1.90 bits per heavy atom. The lowest BCUT2D eigenvalue weighted by atomic mass is 10.0. The summed E-state index contributed by atoms with van der Waals surface area (Å²) >= 11 is 0. The second-order valence-electron chi connectivity index (χ2n) is 5.75. The first-order valence-electron chi connectivity index (χ1n) is 7.51. The summed E-state index contributed by atoms with van der Waals surface area (Å²) in [6, 6.07) is 9.79. The van der Waals surface area contributed by atoms with E-state index in [2.05, 4.69) is 25.9 Å². The molecule has 1 heterocycles. The Kier molecular flexibility index (Phi) is 4.83. The number of aryl methyl sites for hydroxylation is 1. The molecule has 2 rings (SSSR count). The largest absolute Gasteiger partial charge is 0.295 e. The number of unbranched alkanes of at least 4 members (excludes halogenated alkanes) is 1. The number of aromatic nitrogens is 2. The van der Waals surface area contributed by atoms with E-state index in [4.69, 9.17) is 0 Å². The topological polar surface area (TPSA) is 37.8 Å². The first kappa shape index (κ1) is 14.6. The third kappa shape index (κ3) is 3.21. The quantitative estimate of drug-likeness (QED) is 0.855. The fourth-order valence-electron chi connectivity index (χ4n) is 2.46. The molecule has 0 unspecified atom stereocenters.